The van der Waals surface area contributed by atoms with E-state index in [4.69, 9.17) is 13.6 Å². The molecule has 1 fully saturated rings. The third-order valence-corrected chi connectivity index (χ3v) is 5.52. The van der Waals surface area contributed by atoms with Gasteiger partial charge in [0.2, 0.25) is 5.91 Å². The van der Waals surface area contributed by atoms with Crippen LogP contribution in [0.5, 0.6) is 0 Å². The van der Waals surface area contributed by atoms with E-state index in [9.17, 15) is 14.4 Å². The van der Waals surface area contributed by atoms with Crippen LogP contribution in [-0.4, -0.2) is 48.5 Å². The smallest absolute Gasteiger partial charge is 0.338 e. The molecule has 3 amide bonds. The lowest BCUT2D eigenvalue weighted by atomic mass is 9.99. The summed E-state index contributed by atoms with van der Waals surface area (Å²) in [6.07, 6.45) is 4.54. The average molecular weight is 442 g/mol. The molecule has 0 saturated carbocycles. The van der Waals surface area contributed by atoms with Crippen molar-refractivity contribution in [2.24, 2.45) is 0 Å². The van der Waals surface area contributed by atoms with Gasteiger partial charge in [0.1, 0.15) is 17.6 Å². The van der Waals surface area contributed by atoms with Gasteiger partial charge in [-0.05, 0) is 50.6 Å². The Balaban J connectivity index is 1.55. The fourth-order valence-electron chi connectivity index (χ4n) is 4.08. The zero-order valence-electron chi connectivity index (χ0n) is 17.8. The van der Waals surface area contributed by atoms with Crippen LogP contribution in [0, 0.1) is 0 Å². The van der Waals surface area contributed by atoms with Crippen LogP contribution in [0.4, 0.5) is 4.79 Å². The number of likely N-dealkylation sites (tertiary alicyclic amines) is 1. The van der Waals surface area contributed by atoms with E-state index in [1.807, 2.05) is 4.90 Å². The molecular weight excluding hydrogens is 416 g/mol. The first-order valence-electron chi connectivity index (χ1n) is 10.6. The summed E-state index contributed by atoms with van der Waals surface area (Å²) < 4.78 is 16.0. The molecule has 4 heterocycles. The van der Waals surface area contributed by atoms with E-state index in [-0.39, 0.29) is 30.7 Å². The van der Waals surface area contributed by atoms with Crippen molar-refractivity contribution in [3.8, 4) is 0 Å². The molecule has 10 heteroatoms. The normalized spacial score (nSPS) is 21.2. The van der Waals surface area contributed by atoms with E-state index >= 15 is 0 Å². The van der Waals surface area contributed by atoms with Gasteiger partial charge in [0.15, 0.2) is 0 Å². The Morgan fingerprint density at radius 3 is 2.78 bits per heavy atom. The van der Waals surface area contributed by atoms with E-state index in [1.54, 1.807) is 37.5 Å². The Kier molecular flexibility index (Phi) is 6.60. The number of carbonyl (C=O) groups is 3. The third kappa shape index (κ3) is 4.70. The molecule has 2 aromatic heterocycles. The maximum absolute atomic E-state index is 12.8. The predicted octanol–water partition coefficient (Wildman–Crippen LogP) is 1.82. The second-order valence-corrected chi connectivity index (χ2v) is 7.59. The summed E-state index contributed by atoms with van der Waals surface area (Å²) in [5.41, 5.74) is 0.669. The van der Waals surface area contributed by atoms with Crippen LogP contribution in [0.3, 0.4) is 0 Å². The molecule has 0 aliphatic carbocycles. The van der Waals surface area contributed by atoms with Crippen molar-refractivity contribution in [3.05, 3.63) is 59.6 Å². The number of nitrogens with one attached hydrogen (secondary N) is 3. The highest BCUT2D eigenvalue weighted by molar-refractivity contribution is 5.95. The number of nitrogens with zero attached hydrogens (tertiary/aromatic N) is 1. The van der Waals surface area contributed by atoms with Gasteiger partial charge in [0.05, 0.1) is 37.3 Å². The van der Waals surface area contributed by atoms with Gasteiger partial charge in [-0.2, -0.15) is 0 Å². The van der Waals surface area contributed by atoms with Crippen LogP contribution < -0.4 is 16.0 Å². The zero-order valence-corrected chi connectivity index (χ0v) is 17.8. The van der Waals surface area contributed by atoms with Crippen molar-refractivity contribution in [1.29, 1.82) is 0 Å². The summed E-state index contributed by atoms with van der Waals surface area (Å²) in [7, 11) is 0. The van der Waals surface area contributed by atoms with Crippen LogP contribution in [0.25, 0.3) is 0 Å². The number of carbonyl (C=O) groups excluding carboxylic acids is 3. The number of urea groups is 1. The summed E-state index contributed by atoms with van der Waals surface area (Å²) in [4.78, 5) is 40.0. The molecule has 0 spiro atoms. The molecule has 170 valence electrons. The van der Waals surface area contributed by atoms with Gasteiger partial charge in [0, 0.05) is 12.2 Å². The van der Waals surface area contributed by atoms with Crippen LogP contribution in [-0.2, 0) is 20.9 Å². The molecule has 2 aliphatic heterocycles. The van der Waals surface area contributed by atoms with Crippen LogP contribution >= 0.6 is 0 Å². The molecule has 2 atom stereocenters. The second kappa shape index (κ2) is 9.73. The highest BCUT2D eigenvalue weighted by Gasteiger charge is 2.38. The Morgan fingerprint density at radius 1 is 1.25 bits per heavy atom. The molecule has 2 aromatic rings. The molecule has 3 N–H and O–H groups in total. The molecule has 32 heavy (non-hydrogen) atoms. The van der Waals surface area contributed by atoms with E-state index in [2.05, 4.69) is 16.0 Å². The van der Waals surface area contributed by atoms with Gasteiger partial charge in [0.25, 0.3) is 0 Å². The SMILES string of the molecule is CCOC(=O)C1=C(CN2CCC[C@@H]2C(=O)NCc2ccco2)NC(=O)N[C@@H]1c1ccco1. The van der Waals surface area contributed by atoms with Crippen molar-refractivity contribution < 1.29 is 28.0 Å². The fourth-order valence-corrected chi connectivity index (χ4v) is 4.08. The Labute approximate surface area is 184 Å². The van der Waals surface area contributed by atoms with Crippen molar-refractivity contribution >= 4 is 17.9 Å². The average Bonchev–Trinajstić information content (AvgIpc) is 3.54. The second-order valence-electron chi connectivity index (χ2n) is 7.59. The molecule has 1 saturated heterocycles. The van der Waals surface area contributed by atoms with Gasteiger partial charge < -0.3 is 29.5 Å². The Hall–Kier alpha value is -3.53. The molecule has 0 unspecified atom stereocenters. The summed E-state index contributed by atoms with van der Waals surface area (Å²) >= 11 is 0. The van der Waals surface area contributed by atoms with Gasteiger partial charge in [-0.15, -0.1) is 0 Å². The molecule has 2 aliphatic rings. The summed E-state index contributed by atoms with van der Waals surface area (Å²) in [5.74, 6) is 0.422. The van der Waals surface area contributed by atoms with E-state index in [0.29, 0.717) is 36.7 Å². The number of rotatable bonds is 8. The minimum absolute atomic E-state index is 0.125. The molecule has 0 aromatic carbocycles. The molecular formula is C22H26N4O6. The lowest BCUT2D eigenvalue weighted by Crippen LogP contribution is -2.50. The van der Waals surface area contributed by atoms with Gasteiger partial charge >= 0.3 is 12.0 Å². The fraction of sp³-hybridized carbons (Fsp3) is 0.409. The number of ether oxygens (including phenoxy) is 1. The number of hydrogen-bond donors (Lipinski definition) is 3. The first-order chi connectivity index (χ1) is 15.6. The summed E-state index contributed by atoms with van der Waals surface area (Å²) in [6, 6.07) is 5.33. The van der Waals surface area contributed by atoms with Gasteiger partial charge in [-0.25, -0.2) is 9.59 Å². The number of amides is 3. The first-order valence-corrected chi connectivity index (χ1v) is 10.6. The third-order valence-electron chi connectivity index (χ3n) is 5.52. The van der Waals surface area contributed by atoms with Crippen LogP contribution in [0.2, 0.25) is 0 Å². The molecule has 0 radical (unpaired) electrons. The number of hydrogen-bond acceptors (Lipinski definition) is 7. The largest absolute Gasteiger partial charge is 0.467 e. The lowest BCUT2D eigenvalue weighted by Gasteiger charge is -2.31. The van der Waals surface area contributed by atoms with E-state index in [0.717, 1.165) is 6.42 Å². The van der Waals surface area contributed by atoms with Crippen molar-refractivity contribution in [2.45, 2.75) is 38.4 Å². The minimum Gasteiger partial charge on any atom is -0.467 e. The number of furan rings is 2. The predicted molar refractivity (Wildman–Crippen MR) is 112 cm³/mol. The Bertz CT molecular complexity index is 982. The van der Waals surface area contributed by atoms with Crippen LogP contribution in [0.15, 0.2) is 56.9 Å². The minimum atomic E-state index is -0.776. The topological polar surface area (TPSA) is 126 Å². The quantitative estimate of drug-likeness (QED) is 0.533. The van der Waals surface area contributed by atoms with E-state index in [1.165, 1.54) is 6.26 Å². The first kappa shape index (κ1) is 21.7. The lowest BCUT2D eigenvalue weighted by molar-refractivity contribution is -0.139. The molecule has 0 bridgehead atoms. The highest BCUT2D eigenvalue weighted by atomic mass is 16.5. The van der Waals surface area contributed by atoms with E-state index < -0.39 is 18.0 Å². The van der Waals surface area contributed by atoms with Crippen molar-refractivity contribution in [3.63, 3.8) is 0 Å². The van der Waals surface area contributed by atoms with Gasteiger partial charge in [-0.1, -0.05) is 0 Å². The highest BCUT2D eigenvalue weighted by Crippen LogP contribution is 2.29. The maximum atomic E-state index is 12.8. The number of esters is 1. The molecule has 4 rings (SSSR count). The monoisotopic (exact) mass is 442 g/mol. The molecule has 10 nitrogen and oxygen atoms in total. The zero-order chi connectivity index (χ0) is 22.5. The summed E-state index contributed by atoms with van der Waals surface area (Å²) in [6.45, 7) is 3.09. The summed E-state index contributed by atoms with van der Waals surface area (Å²) in [5, 5.41) is 8.35. The van der Waals surface area contributed by atoms with Gasteiger partial charge in [-0.3, -0.25) is 9.69 Å². The van der Waals surface area contributed by atoms with Crippen molar-refractivity contribution in [1.82, 2.24) is 20.9 Å². The van der Waals surface area contributed by atoms with Crippen molar-refractivity contribution in [2.75, 3.05) is 19.7 Å². The maximum Gasteiger partial charge on any atom is 0.338 e. The van der Waals surface area contributed by atoms with Crippen LogP contribution in [0.1, 0.15) is 37.3 Å². The Morgan fingerprint density at radius 2 is 2.06 bits per heavy atom. The standard InChI is InChI=1S/C22H26N4O6/c1-2-30-21(28)18-15(24-22(29)25-19(18)17-8-5-11-32-17)13-26-9-3-7-16(26)20(27)23-12-14-6-4-10-31-14/h4-6,8,10-11,16,19H,2-3,7,9,12-13H2,1H3,(H,23,27)(H2,24,25,29)/t16-,19-/m1/s1.